The van der Waals surface area contributed by atoms with Crippen LogP contribution < -0.4 is 5.32 Å². The maximum Gasteiger partial charge on any atom is 0.357 e. The number of carbonyl (C=O) groups excluding carboxylic acids is 2. The lowest BCUT2D eigenvalue weighted by Gasteiger charge is -2.26. The summed E-state index contributed by atoms with van der Waals surface area (Å²) >= 11 is 1.44. The molecule has 1 N–H and O–H groups in total. The number of amides is 1. The molecule has 1 aliphatic carbocycles. The van der Waals surface area contributed by atoms with Crippen molar-refractivity contribution in [2.75, 3.05) is 12.9 Å². The molecule has 0 bridgehead atoms. The largest absolute Gasteiger partial charge is 0.451 e. The van der Waals surface area contributed by atoms with Gasteiger partial charge in [-0.1, -0.05) is 36.9 Å². The highest BCUT2D eigenvalue weighted by Gasteiger charge is 2.22. The molecule has 27 heavy (non-hydrogen) atoms. The first kappa shape index (κ1) is 19.5. The third-order valence-corrected chi connectivity index (χ3v) is 5.50. The van der Waals surface area contributed by atoms with Gasteiger partial charge in [-0.3, -0.25) is 9.36 Å². The first-order chi connectivity index (χ1) is 13.1. The molecule has 1 aromatic carbocycles. The molecule has 2 aromatic rings. The molecule has 7 heteroatoms. The molecule has 3 rings (SSSR count). The van der Waals surface area contributed by atoms with E-state index in [1.165, 1.54) is 18.0 Å². The van der Waals surface area contributed by atoms with Gasteiger partial charge in [-0.15, -0.1) is 0 Å². The smallest absolute Gasteiger partial charge is 0.357 e. The minimum absolute atomic E-state index is 0.186. The molecule has 0 saturated heterocycles. The van der Waals surface area contributed by atoms with Crippen LogP contribution in [0, 0.1) is 5.92 Å². The summed E-state index contributed by atoms with van der Waals surface area (Å²) in [5.74, 6) is -0.0854. The first-order valence-corrected chi connectivity index (χ1v) is 10.4. The van der Waals surface area contributed by atoms with Crippen LogP contribution in [0.5, 0.6) is 0 Å². The number of hydrogen-bond acceptors (Lipinski definition) is 5. The van der Waals surface area contributed by atoms with Gasteiger partial charge in [0.2, 0.25) is 0 Å². The van der Waals surface area contributed by atoms with E-state index in [0.29, 0.717) is 10.9 Å². The van der Waals surface area contributed by atoms with Crippen molar-refractivity contribution in [2.45, 2.75) is 43.8 Å². The van der Waals surface area contributed by atoms with Crippen LogP contribution in [0.4, 0.5) is 0 Å². The Morgan fingerprint density at radius 2 is 1.93 bits per heavy atom. The average molecular weight is 388 g/mol. The lowest BCUT2D eigenvalue weighted by atomic mass is 9.87. The minimum Gasteiger partial charge on any atom is -0.451 e. The standard InChI is InChI=1S/C20H25N3O3S/c1-14-8-10-15(11-9-14)22-18(24)13-26-19(25)17-12-21-20(27-2)23(17)16-6-4-3-5-7-16/h3-7,12,14-15H,8-11,13H2,1-2H3,(H,22,24). The van der Waals surface area contributed by atoms with Gasteiger partial charge in [-0.2, -0.15) is 0 Å². The molecule has 0 spiro atoms. The van der Waals surface area contributed by atoms with Crippen LogP contribution in [0.1, 0.15) is 43.1 Å². The fourth-order valence-electron chi connectivity index (χ4n) is 3.33. The number of imidazole rings is 1. The van der Waals surface area contributed by atoms with E-state index >= 15 is 0 Å². The molecule has 1 aromatic heterocycles. The van der Waals surface area contributed by atoms with E-state index in [2.05, 4.69) is 17.2 Å². The molecule has 0 atom stereocenters. The SMILES string of the molecule is CSc1ncc(C(=O)OCC(=O)NC2CCC(C)CC2)n1-c1ccccc1. The Bertz CT molecular complexity index is 783. The number of nitrogens with one attached hydrogen (secondary N) is 1. The van der Waals surface area contributed by atoms with Gasteiger partial charge in [0.15, 0.2) is 17.5 Å². The van der Waals surface area contributed by atoms with E-state index in [0.717, 1.165) is 37.3 Å². The van der Waals surface area contributed by atoms with Crippen LogP contribution in [0.2, 0.25) is 0 Å². The second kappa shape index (κ2) is 9.08. The number of nitrogens with zero attached hydrogens (tertiary/aromatic N) is 2. The van der Waals surface area contributed by atoms with E-state index in [1.54, 1.807) is 4.57 Å². The summed E-state index contributed by atoms with van der Waals surface area (Å²) in [6.45, 7) is 1.96. The van der Waals surface area contributed by atoms with Gasteiger partial charge in [0.05, 0.1) is 6.20 Å². The molecule has 0 aliphatic heterocycles. The normalized spacial score (nSPS) is 19.5. The number of carbonyl (C=O) groups is 2. The first-order valence-electron chi connectivity index (χ1n) is 9.22. The highest BCUT2D eigenvalue weighted by Crippen LogP contribution is 2.24. The third-order valence-electron chi connectivity index (χ3n) is 4.85. The van der Waals surface area contributed by atoms with Gasteiger partial charge in [0, 0.05) is 11.7 Å². The Morgan fingerprint density at radius 3 is 2.59 bits per heavy atom. The van der Waals surface area contributed by atoms with Gasteiger partial charge in [0.25, 0.3) is 5.91 Å². The minimum atomic E-state index is -0.556. The summed E-state index contributed by atoms with van der Waals surface area (Å²) < 4.78 is 6.99. The maximum atomic E-state index is 12.5. The summed E-state index contributed by atoms with van der Waals surface area (Å²) in [4.78, 5) is 28.9. The van der Waals surface area contributed by atoms with Crippen LogP contribution in [0.3, 0.4) is 0 Å². The van der Waals surface area contributed by atoms with Crippen molar-refractivity contribution in [1.82, 2.24) is 14.9 Å². The predicted octanol–water partition coefficient (Wildman–Crippen LogP) is 3.45. The number of aromatic nitrogens is 2. The Hall–Kier alpha value is -2.28. The molecule has 0 radical (unpaired) electrons. The Balaban J connectivity index is 1.61. The summed E-state index contributed by atoms with van der Waals surface area (Å²) in [6.07, 6.45) is 7.60. The summed E-state index contributed by atoms with van der Waals surface area (Å²) in [5.41, 5.74) is 1.14. The van der Waals surface area contributed by atoms with E-state index in [-0.39, 0.29) is 18.6 Å². The molecule has 1 amide bonds. The van der Waals surface area contributed by atoms with E-state index in [1.807, 2.05) is 36.6 Å². The second-order valence-electron chi connectivity index (χ2n) is 6.90. The Labute approximate surface area is 163 Å². The number of thioether (sulfide) groups is 1. The van der Waals surface area contributed by atoms with Crippen molar-refractivity contribution < 1.29 is 14.3 Å². The number of benzene rings is 1. The van der Waals surface area contributed by atoms with Crippen LogP contribution in [0.25, 0.3) is 5.69 Å². The molecule has 1 heterocycles. The van der Waals surface area contributed by atoms with E-state index < -0.39 is 5.97 Å². The summed E-state index contributed by atoms with van der Waals surface area (Å²) in [6, 6.07) is 9.68. The zero-order chi connectivity index (χ0) is 19.2. The molecule has 144 valence electrons. The molecule has 1 fully saturated rings. The zero-order valence-corrected chi connectivity index (χ0v) is 16.5. The highest BCUT2D eigenvalue weighted by atomic mass is 32.2. The monoisotopic (exact) mass is 387 g/mol. The van der Waals surface area contributed by atoms with Gasteiger partial charge in [-0.05, 0) is 50.0 Å². The quantitative estimate of drug-likeness (QED) is 0.607. The molecular formula is C20H25N3O3S. The van der Waals surface area contributed by atoms with Crippen LogP contribution in [-0.2, 0) is 9.53 Å². The number of ether oxygens (including phenoxy) is 1. The number of hydrogen-bond donors (Lipinski definition) is 1. The van der Waals surface area contributed by atoms with Crippen molar-refractivity contribution in [3.8, 4) is 5.69 Å². The highest BCUT2D eigenvalue weighted by molar-refractivity contribution is 7.98. The van der Waals surface area contributed by atoms with Crippen molar-refractivity contribution >= 4 is 23.6 Å². The maximum absolute atomic E-state index is 12.5. The molecule has 0 unspecified atom stereocenters. The second-order valence-corrected chi connectivity index (χ2v) is 7.67. The number of para-hydroxylation sites is 1. The lowest BCUT2D eigenvalue weighted by Crippen LogP contribution is -2.39. The van der Waals surface area contributed by atoms with Gasteiger partial charge in [0.1, 0.15) is 0 Å². The topological polar surface area (TPSA) is 73.2 Å². The lowest BCUT2D eigenvalue weighted by molar-refractivity contribution is -0.125. The predicted molar refractivity (Wildman–Crippen MR) is 105 cm³/mol. The average Bonchev–Trinajstić information content (AvgIpc) is 3.13. The van der Waals surface area contributed by atoms with Crippen LogP contribution >= 0.6 is 11.8 Å². The molecule has 1 saturated carbocycles. The van der Waals surface area contributed by atoms with Crippen molar-refractivity contribution in [1.29, 1.82) is 0 Å². The van der Waals surface area contributed by atoms with Crippen LogP contribution in [0.15, 0.2) is 41.7 Å². The van der Waals surface area contributed by atoms with Crippen molar-refractivity contribution in [2.24, 2.45) is 5.92 Å². The van der Waals surface area contributed by atoms with E-state index in [9.17, 15) is 9.59 Å². The van der Waals surface area contributed by atoms with E-state index in [4.69, 9.17) is 4.74 Å². The van der Waals surface area contributed by atoms with Gasteiger partial charge >= 0.3 is 5.97 Å². The molecule has 6 nitrogen and oxygen atoms in total. The van der Waals surface area contributed by atoms with Crippen LogP contribution in [-0.4, -0.2) is 40.3 Å². The zero-order valence-electron chi connectivity index (χ0n) is 15.7. The van der Waals surface area contributed by atoms with Crippen molar-refractivity contribution in [3.05, 3.63) is 42.2 Å². The third kappa shape index (κ3) is 4.91. The van der Waals surface area contributed by atoms with Gasteiger partial charge < -0.3 is 10.1 Å². The van der Waals surface area contributed by atoms with Gasteiger partial charge in [-0.25, -0.2) is 9.78 Å². The van der Waals surface area contributed by atoms with Crippen molar-refractivity contribution in [3.63, 3.8) is 0 Å². The Kier molecular flexibility index (Phi) is 6.55. The Morgan fingerprint density at radius 1 is 1.22 bits per heavy atom. The summed E-state index contributed by atoms with van der Waals surface area (Å²) in [7, 11) is 0. The number of rotatable bonds is 6. The number of esters is 1. The molecular weight excluding hydrogens is 362 g/mol. The molecule has 1 aliphatic rings. The fourth-order valence-corrected chi connectivity index (χ4v) is 3.87. The summed E-state index contributed by atoms with van der Waals surface area (Å²) in [5, 5.41) is 3.66. The fraction of sp³-hybridized carbons (Fsp3) is 0.450.